The molecule has 0 spiro atoms. The Morgan fingerprint density at radius 2 is 2.00 bits per heavy atom. The van der Waals surface area contributed by atoms with Crippen molar-refractivity contribution in [1.29, 1.82) is 0 Å². The summed E-state index contributed by atoms with van der Waals surface area (Å²) in [6.07, 6.45) is 0.825. The van der Waals surface area contributed by atoms with Crippen LogP contribution in [0.2, 0.25) is 5.02 Å². The molecule has 0 bridgehead atoms. The van der Waals surface area contributed by atoms with Gasteiger partial charge in [0.25, 0.3) is 0 Å². The molecule has 1 aliphatic rings. The summed E-state index contributed by atoms with van der Waals surface area (Å²) in [5, 5.41) is 0.450. The summed E-state index contributed by atoms with van der Waals surface area (Å²) in [4.78, 5) is 14.2. The summed E-state index contributed by atoms with van der Waals surface area (Å²) in [5.74, 6) is -0.236. The van der Waals surface area contributed by atoms with Crippen LogP contribution in [-0.2, 0) is 14.8 Å². The maximum atomic E-state index is 12.4. The maximum absolute atomic E-state index is 12.4. The zero-order valence-electron chi connectivity index (χ0n) is 13.7. The van der Waals surface area contributed by atoms with Crippen molar-refractivity contribution in [1.82, 2.24) is 9.62 Å². The van der Waals surface area contributed by atoms with E-state index < -0.39 is 16.1 Å². The lowest BCUT2D eigenvalue weighted by Gasteiger charge is -2.25. The second-order valence-electron chi connectivity index (χ2n) is 6.32. The number of likely N-dealkylation sites (tertiary alicyclic amines) is 1. The van der Waals surface area contributed by atoms with Crippen molar-refractivity contribution in [3.8, 4) is 0 Å². The largest absolute Gasteiger partial charge is 0.341 e. The molecule has 1 saturated heterocycles. The van der Waals surface area contributed by atoms with E-state index >= 15 is 0 Å². The molecule has 0 aliphatic carbocycles. The number of amides is 1. The molecule has 0 saturated carbocycles. The fourth-order valence-electron chi connectivity index (χ4n) is 2.62. The first kappa shape index (κ1) is 21.2. The molecule has 0 radical (unpaired) electrons. The number of benzene rings is 1. The molecule has 6 nitrogen and oxygen atoms in total. The monoisotopic (exact) mass is 395 g/mol. The van der Waals surface area contributed by atoms with Gasteiger partial charge in [-0.1, -0.05) is 18.5 Å². The summed E-state index contributed by atoms with van der Waals surface area (Å²) in [7, 11) is -3.77. The highest BCUT2D eigenvalue weighted by Crippen LogP contribution is 2.28. The van der Waals surface area contributed by atoms with Crippen molar-refractivity contribution < 1.29 is 13.2 Å². The minimum Gasteiger partial charge on any atom is -0.341 e. The van der Waals surface area contributed by atoms with Gasteiger partial charge in [0.05, 0.1) is 10.9 Å². The Morgan fingerprint density at radius 1 is 1.42 bits per heavy atom. The number of nitrogens with zero attached hydrogens (tertiary/aromatic N) is 1. The van der Waals surface area contributed by atoms with Crippen LogP contribution in [0.5, 0.6) is 0 Å². The maximum Gasteiger partial charge on any atom is 0.241 e. The first-order valence-electron chi connectivity index (χ1n) is 7.44. The van der Waals surface area contributed by atoms with E-state index in [0.29, 0.717) is 24.7 Å². The van der Waals surface area contributed by atoms with Gasteiger partial charge in [-0.05, 0) is 49.6 Å². The Labute approximate surface area is 154 Å². The highest BCUT2D eigenvalue weighted by atomic mass is 35.5. The molecule has 24 heavy (non-hydrogen) atoms. The third-order valence-electron chi connectivity index (χ3n) is 4.19. The molecule has 1 aliphatic heterocycles. The van der Waals surface area contributed by atoms with Crippen LogP contribution in [0.25, 0.3) is 0 Å². The first-order chi connectivity index (χ1) is 10.7. The van der Waals surface area contributed by atoms with E-state index in [1.165, 1.54) is 24.3 Å². The molecule has 1 amide bonds. The number of rotatable bonds is 5. The van der Waals surface area contributed by atoms with E-state index in [0.717, 1.165) is 6.42 Å². The SMILES string of the molecule is CC(NS(=O)(=O)c1ccc(Cl)cc1)C(=O)N1CCC(C)(CN)C1.Cl. The normalized spacial score (nSPS) is 22.1. The number of halogens is 2. The lowest BCUT2D eigenvalue weighted by Crippen LogP contribution is -2.46. The third-order valence-corrected chi connectivity index (χ3v) is 6.00. The van der Waals surface area contributed by atoms with Gasteiger partial charge in [0.2, 0.25) is 15.9 Å². The average Bonchev–Trinajstić information content (AvgIpc) is 2.89. The van der Waals surface area contributed by atoms with Gasteiger partial charge < -0.3 is 10.6 Å². The number of carbonyl (C=O) groups is 1. The van der Waals surface area contributed by atoms with Crippen molar-refractivity contribution in [2.45, 2.75) is 31.2 Å². The number of carbonyl (C=O) groups excluding carboxylic acids is 1. The lowest BCUT2D eigenvalue weighted by atomic mass is 9.90. The van der Waals surface area contributed by atoms with Crippen LogP contribution in [0.15, 0.2) is 29.2 Å². The standard InChI is InChI=1S/C15H22ClN3O3S.ClH/c1-11(14(20)19-8-7-15(2,9-17)10-19)18-23(21,22)13-5-3-12(16)4-6-13;/h3-6,11,18H,7-10,17H2,1-2H3;1H. The van der Waals surface area contributed by atoms with E-state index in [1.54, 1.807) is 11.8 Å². The second-order valence-corrected chi connectivity index (χ2v) is 8.47. The summed E-state index contributed by atoms with van der Waals surface area (Å²) in [6.45, 7) is 5.23. The molecule has 2 atom stereocenters. The quantitative estimate of drug-likeness (QED) is 0.791. The molecule has 136 valence electrons. The van der Waals surface area contributed by atoms with E-state index in [-0.39, 0.29) is 28.6 Å². The minimum absolute atomic E-state index is 0. The number of hydrogen-bond donors (Lipinski definition) is 2. The second kappa shape index (κ2) is 8.01. The van der Waals surface area contributed by atoms with Gasteiger partial charge in [-0.25, -0.2) is 8.42 Å². The van der Waals surface area contributed by atoms with Gasteiger partial charge in [0.1, 0.15) is 0 Å². The van der Waals surface area contributed by atoms with Crippen LogP contribution in [0.4, 0.5) is 0 Å². The van der Waals surface area contributed by atoms with Gasteiger partial charge in [-0.3, -0.25) is 4.79 Å². The zero-order valence-corrected chi connectivity index (χ0v) is 16.0. The third kappa shape index (κ3) is 4.83. The highest BCUT2D eigenvalue weighted by molar-refractivity contribution is 7.89. The number of nitrogens with two attached hydrogens (primary N) is 1. The topological polar surface area (TPSA) is 92.5 Å². The van der Waals surface area contributed by atoms with Gasteiger partial charge in [-0.15, -0.1) is 12.4 Å². The van der Waals surface area contributed by atoms with Crippen LogP contribution in [0, 0.1) is 5.41 Å². The van der Waals surface area contributed by atoms with Gasteiger partial charge in [0, 0.05) is 18.1 Å². The Bertz CT molecular complexity index is 682. The van der Waals surface area contributed by atoms with Crippen molar-refractivity contribution >= 4 is 39.9 Å². The molecule has 2 unspecified atom stereocenters. The van der Waals surface area contributed by atoms with Gasteiger partial charge in [0.15, 0.2) is 0 Å². The van der Waals surface area contributed by atoms with Crippen molar-refractivity contribution in [3.05, 3.63) is 29.3 Å². The Kier molecular flexibility index (Phi) is 7.07. The molecule has 1 aromatic rings. The van der Waals surface area contributed by atoms with Crippen LogP contribution >= 0.6 is 24.0 Å². The van der Waals surface area contributed by atoms with E-state index in [2.05, 4.69) is 4.72 Å². The van der Waals surface area contributed by atoms with Crippen LogP contribution < -0.4 is 10.5 Å². The Morgan fingerprint density at radius 3 is 2.50 bits per heavy atom. The lowest BCUT2D eigenvalue weighted by molar-refractivity contribution is -0.131. The molecule has 3 N–H and O–H groups in total. The minimum atomic E-state index is -3.77. The molecule has 1 fully saturated rings. The fourth-order valence-corrected chi connectivity index (χ4v) is 3.94. The molecular weight excluding hydrogens is 373 g/mol. The smallest absolute Gasteiger partial charge is 0.241 e. The fraction of sp³-hybridized carbons (Fsp3) is 0.533. The number of hydrogen-bond acceptors (Lipinski definition) is 4. The summed E-state index contributed by atoms with van der Waals surface area (Å²) < 4.78 is 27.0. The van der Waals surface area contributed by atoms with E-state index in [1.807, 2.05) is 6.92 Å². The number of sulfonamides is 1. The van der Waals surface area contributed by atoms with E-state index in [9.17, 15) is 13.2 Å². The van der Waals surface area contributed by atoms with Crippen LogP contribution in [-0.4, -0.2) is 44.9 Å². The predicted molar refractivity (Wildman–Crippen MR) is 96.8 cm³/mol. The molecule has 0 aromatic heterocycles. The molecule has 9 heteroatoms. The van der Waals surface area contributed by atoms with Crippen LogP contribution in [0.3, 0.4) is 0 Å². The molecule has 2 rings (SSSR count). The summed E-state index contributed by atoms with van der Waals surface area (Å²) in [6, 6.07) is 4.97. The first-order valence-corrected chi connectivity index (χ1v) is 9.30. The van der Waals surface area contributed by atoms with E-state index in [4.69, 9.17) is 17.3 Å². The molecular formula is C15H23Cl2N3O3S. The van der Waals surface area contributed by atoms with Crippen molar-refractivity contribution in [2.75, 3.05) is 19.6 Å². The Hall–Kier alpha value is -0.860. The molecule has 1 heterocycles. The number of nitrogens with one attached hydrogen (secondary N) is 1. The Balaban J connectivity index is 0.00000288. The summed E-state index contributed by atoms with van der Waals surface area (Å²) in [5.41, 5.74) is 5.64. The van der Waals surface area contributed by atoms with Crippen molar-refractivity contribution in [3.63, 3.8) is 0 Å². The van der Waals surface area contributed by atoms with Gasteiger partial charge in [-0.2, -0.15) is 4.72 Å². The van der Waals surface area contributed by atoms with Crippen LogP contribution in [0.1, 0.15) is 20.3 Å². The highest BCUT2D eigenvalue weighted by Gasteiger charge is 2.37. The van der Waals surface area contributed by atoms with Crippen molar-refractivity contribution in [2.24, 2.45) is 11.1 Å². The zero-order chi connectivity index (χ0) is 17.3. The molecule has 1 aromatic carbocycles. The predicted octanol–water partition coefficient (Wildman–Crippen LogP) is 1.63. The van der Waals surface area contributed by atoms with Gasteiger partial charge >= 0.3 is 0 Å². The summed E-state index contributed by atoms with van der Waals surface area (Å²) >= 11 is 5.76. The average molecular weight is 396 g/mol.